The van der Waals surface area contributed by atoms with E-state index in [2.05, 4.69) is 10.3 Å². The number of furan rings is 1. The van der Waals surface area contributed by atoms with Crippen LogP contribution >= 0.6 is 11.8 Å². The van der Waals surface area contributed by atoms with Gasteiger partial charge in [0.15, 0.2) is 5.17 Å². The standard InChI is InChI=1S/C22H17N3O4S/c1-13-6-5-8-17(14(13)2)23-22-24-21(26)20(30-22)12-15-10-11-19(29-15)16-7-3-4-9-18(16)25(27)28/h3-12H,1-2H3,(H,23,24,26). The molecule has 4 rings (SSSR count). The third-order valence-corrected chi connectivity index (χ3v) is 5.63. The number of carbonyl (C=O) groups excluding carboxylic acids is 1. The summed E-state index contributed by atoms with van der Waals surface area (Å²) < 4.78 is 5.75. The van der Waals surface area contributed by atoms with Gasteiger partial charge in [-0.25, -0.2) is 4.99 Å². The van der Waals surface area contributed by atoms with Gasteiger partial charge in [-0.3, -0.25) is 14.9 Å². The number of nitro benzene ring substituents is 1. The number of hydrogen-bond donors (Lipinski definition) is 1. The summed E-state index contributed by atoms with van der Waals surface area (Å²) in [7, 11) is 0. The number of amides is 1. The van der Waals surface area contributed by atoms with Crippen LogP contribution in [-0.4, -0.2) is 16.0 Å². The highest BCUT2D eigenvalue weighted by atomic mass is 32.2. The molecule has 2 heterocycles. The van der Waals surface area contributed by atoms with Crippen molar-refractivity contribution >= 4 is 40.3 Å². The van der Waals surface area contributed by atoms with E-state index in [1.807, 2.05) is 32.0 Å². The average molecular weight is 419 g/mol. The fourth-order valence-electron chi connectivity index (χ4n) is 2.99. The van der Waals surface area contributed by atoms with Crippen LogP contribution in [-0.2, 0) is 4.79 Å². The zero-order valence-electron chi connectivity index (χ0n) is 16.2. The molecule has 0 bridgehead atoms. The van der Waals surface area contributed by atoms with E-state index in [1.165, 1.54) is 17.8 Å². The van der Waals surface area contributed by atoms with Crippen LogP contribution in [0, 0.1) is 24.0 Å². The minimum Gasteiger partial charge on any atom is -0.456 e. The number of carbonyl (C=O) groups is 1. The van der Waals surface area contributed by atoms with Gasteiger partial charge in [0.25, 0.3) is 11.6 Å². The lowest BCUT2D eigenvalue weighted by atomic mass is 10.1. The van der Waals surface area contributed by atoms with Gasteiger partial charge in [-0.15, -0.1) is 0 Å². The predicted molar refractivity (Wildman–Crippen MR) is 118 cm³/mol. The van der Waals surface area contributed by atoms with Crippen molar-refractivity contribution in [3.63, 3.8) is 0 Å². The first-order chi connectivity index (χ1) is 14.4. The van der Waals surface area contributed by atoms with Gasteiger partial charge in [0.05, 0.1) is 21.1 Å². The first-order valence-corrected chi connectivity index (χ1v) is 9.93. The Bertz CT molecular complexity index is 1230. The molecule has 3 aromatic rings. The lowest BCUT2D eigenvalue weighted by molar-refractivity contribution is -0.384. The smallest absolute Gasteiger partial charge is 0.280 e. The highest BCUT2D eigenvalue weighted by molar-refractivity contribution is 8.18. The van der Waals surface area contributed by atoms with Crippen LogP contribution in [0.15, 0.2) is 68.9 Å². The monoisotopic (exact) mass is 419 g/mol. The summed E-state index contributed by atoms with van der Waals surface area (Å²) in [6.07, 6.45) is 1.60. The van der Waals surface area contributed by atoms with Crippen molar-refractivity contribution in [2.75, 3.05) is 0 Å². The van der Waals surface area contributed by atoms with Gasteiger partial charge in [-0.05, 0) is 61.0 Å². The van der Waals surface area contributed by atoms with Crippen molar-refractivity contribution in [1.82, 2.24) is 5.32 Å². The Morgan fingerprint density at radius 1 is 1.10 bits per heavy atom. The number of amidine groups is 1. The summed E-state index contributed by atoms with van der Waals surface area (Å²) in [5, 5.41) is 14.5. The number of hydrogen-bond acceptors (Lipinski definition) is 6. The number of nitro groups is 1. The summed E-state index contributed by atoms with van der Waals surface area (Å²) >= 11 is 1.22. The summed E-state index contributed by atoms with van der Waals surface area (Å²) in [6, 6.07) is 15.5. The summed E-state index contributed by atoms with van der Waals surface area (Å²) in [5.41, 5.74) is 3.32. The molecule has 1 fully saturated rings. The first-order valence-electron chi connectivity index (χ1n) is 9.12. The van der Waals surface area contributed by atoms with E-state index in [-0.39, 0.29) is 11.6 Å². The number of aliphatic imine (C=N–C) groups is 1. The van der Waals surface area contributed by atoms with Gasteiger partial charge >= 0.3 is 0 Å². The number of nitrogens with zero attached hydrogens (tertiary/aromatic N) is 2. The Labute approximate surface area is 176 Å². The van der Waals surface area contributed by atoms with E-state index >= 15 is 0 Å². The molecule has 30 heavy (non-hydrogen) atoms. The van der Waals surface area contributed by atoms with Crippen molar-refractivity contribution < 1.29 is 14.1 Å². The molecule has 8 heteroatoms. The highest BCUT2D eigenvalue weighted by Crippen LogP contribution is 2.33. The quantitative estimate of drug-likeness (QED) is 0.349. The Hall–Kier alpha value is -3.65. The fourth-order valence-corrected chi connectivity index (χ4v) is 3.81. The normalized spacial score (nSPS) is 16.3. The molecule has 150 valence electrons. The largest absolute Gasteiger partial charge is 0.456 e. The predicted octanol–water partition coefficient (Wildman–Crippen LogP) is 5.36. The maximum absolute atomic E-state index is 12.3. The molecule has 1 amide bonds. The molecule has 1 N–H and O–H groups in total. The van der Waals surface area contributed by atoms with Crippen molar-refractivity contribution in [2.24, 2.45) is 4.99 Å². The van der Waals surface area contributed by atoms with Gasteiger partial charge in [0.2, 0.25) is 0 Å². The average Bonchev–Trinajstić information content (AvgIpc) is 3.32. The van der Waals surface area contributed by atoms with E-state index in [1.54, 1.807) is 36.4 Å². The first kappa shape index (κ1) is 19.7. The molecule has 0 radical (unpaired) electrons. The molecule has 0 aliphatic carbocycles. The molecule has 0 spiro atoms. The van der Waals surface area contributed by atoms with Crippen LogP contribution < -0.4 is 5.32 Å². The number of para-hydroxylation sites is 1. The van der Waals surface area contributed by atoms with Crippen molar-refractivity contribution in [3.05, 3.63) is 86.5 Å². The van der Waals surface area contributed by atoms with Crippen LogP contribution in [0.4, 0.5) is 11.4 Å². The Kier molecular flexibility index (Phi) is 5.24. The lowest BCUT2D eigenvalue weighted by Gasteiger charge is -2.04. The zero-order chi connectivity index (χ0) is 21.3. The van der Waals surface area contributed by atoms with Crippen LogP contribution in [0.25, 0.3) is 17.4 Å². The number of benzene rings is 2. The maximum Gasteiger partial charge on any atom is 0.280 e. The zero-order valence-corrected chi connectivity index (χ0v) is 17.0. The molecular formula is C22H17N3O4S. The minimum absolute atomic E-state index is 0.0398. The third kappa shape index (κ3) is 3.90. The van der Waals surface area contributed by atoms with Gasteiger partial charge in [-0.1, -0.05) is 24.3 Å². The molecule has 1 aromatic heterocycles. The maximum atomic E-state index is 12.3. The van der Waals surface area contributed by atoms with Crippen molar-refractivity contribution in [3.8, 4) is 11.3 Å². The number of rotatable bonds is 4. The Morgan fingerprint density at radius 2 is 1.90 bits per heavy atom. The Balaban J connectivity index is 1.60. The fraction of sp³-hybridized carbons (Fsp3) is 0.0909. The summed E-state index contributed by atoms with van der Waals surface area (Å²) in [5.74, 6) is 0.517. The van der Waals surface area contributed by atoms with Crippen LogP contribution in [0.1, 0.15) is 16.9 Å². The SMILES string of the molecule is Cc1cccc(N=C2NC(=O)C(=Cc3ccc(-c4ccccc4[N+](=O)[O-])o3)S2)c1C. The number of aryl methyl sites for hydroxylation is 1. The second kappa shape index (κ2) is 8.00. The molecule has 0 unspecified atom stereocenters. The van der Waals surface area contributed by atoms with E-state index in [0.29, 0.717) is 27.2 Å². The second-order valence-corrected chi connectivity index (χ2v) is 7.71. The molecule has 0 saturated carbocycles. The third-order valence-electron chi connectivity index (χ3n) is 4.72. The number of nitrogens with one attached hydrogen (secondary N) is 1. The molecular weight excluding hydrogens is 402 g/mol. The highest BCUT2D eigenvalue weighted by Gasteiger charge is 2.25. The molecule has 1 aliphatic rings. The van der Waals surface area contributed by atoms with Gasteiger partial charge < -0.3 is 9.73 Å². The van der Waals surface area contributed by atoms with Crippen LogP contribution in [0.2, 0.25) is 0 Å². The molecule has 1 aliphatic heterocycles. The van der Waals surface area contributed by atoms with E-state index in [9.17, 15) is 14.9 Å². The van der Waals surface area contributed by atoms with E-state index in [4.69, 9.17) is 4.42 Å². The number of thioether (sulfide) groups is 1. The van der Waals surface area contributed by atoms with E-state index in [0.717, 1.165) is 16.8 Å². The van der Waals surface area contributed by atoms with Crippen molar-refractivity contribution in [2.45, 2.75) is 13.8 Å². The summed E-state index contributed by atoms with van der Waals surface area (Å²) in [4.78, 5) is 28.1. The minimum atomic E-state index is -0.452. The molecule has 1 saturated heterocycles. The van der Waals surface area contributed by atoms with Gasteiger partial charge in [-0.2, -0.15) is 0 Å². The van der Waals surface area contributed by atoms with Crippen molar-refractivity contribution in [1.29, 1.82) is 0 Å². The molecule has 2 aromatic carbocycles. The molecule has 7 nitrogen and oxygen atoms in total. The molecule has 0 atom stereocenters. The van der Waals surface area contributed by atoms with Crippen LogP contribution in [0.5, 0.6) is 0 Å². The van der Waals surface area contributed by atoms with Crippen LogP contribution in [0.3, 0.4) is 0 Å². The topological polar surface area (TPSA) is 97.7 Å². The lowest BCUT2D eigenvalue weighted by Crippen LogP contribution is -2.19. The van der Waals surface area contributed by atoms with Gasteiger partial charge in [0.1, 0.15) is 11.5 Å². The second-order valence-electron chi connectivity index (χ2n) is 6.68. The van der Waals surface area contributed by atoms with E-state index < -0.39 is 4.92 Å². The summed E-state index contributed by atoms with van der Waals surface area (Å²) in [6.45, 7) is 4.00. The van der Waals surface area contributed by atoms with Gasteiger partial charge in [0, 0.05) is 12.1 Å². The Morgan fingerprint density at radius 3 is 2.70 bits per heavy atom.